The van der Waals surface area contributed by atoms with Crippen LogP contribution in [0, 0.1) is 31.3 Å². The molecule has 0 aromatic heterocycles. The summed E-state index contributed by atoms with van der Waals surface area (Å²) in [5.41, 5.74) is 4.75. The van der Waals surface area contributed by atoms with Crippen molar-refractivity contribution in [2.45, 2.75) is 58.5 Å². The van der Waals surface area contributed by atoms with Gasteiger partial charge in [0.15, 0.2) is 11.6 Å². The van der Waals surface area contributed by atoms with Crippen molar-refractivity contribution in [3.05, 3.63) is 98.8 Å². The molecule has 196 valence electrons. The van der Waals surface area contributed by atoms with Crippen LogP contribution in [-0.4, -0.2) is 30.0 Å². The SMILES string of the molecule is Cc1cc(Cl)c(Cc2ccc(OC3CCN(C(=O)CCCc4cc(F)c(F)cc4F)CC3)cc2)cc1C. The topological polar surface area (TPSA) is 29.5 Å². The van der Waals surface area contributed by atoms with Gasteiger partial charge >= 0.3 is 0 Å². The number of rotatable bonds is 8. The zero-order valence-corrected chi connectivity index (χ0v) is 21.9. The Hall–Kier alpha value is -2.99. The van der Waals surface area contributed by atoms with Gasteiger partial charge in [-0.25, -0.2) is 13.2 Å². The molecular formula is C30H31ClF3NO2. The Labute approximate surface area is 221 Å². The highest BCUT2D eigenvalue weighted by Crippen LogP contribution is 2.26. The number of carbonyl (C=O) groups is 1. The van der Waals surface area contributed by atoms with Gasteiger partial charge in [0.1, 0.15) is 17.7 Å². The van der Waals surface area contributed by atoms with Crippen LogP contribution < -0.4 is 4.74 Å². The standard InChI is InChI=1S/C30H31ClF3NO2/c1-19-14-23(26(31)15-20(19)2)16-21-6-8-24(9-7-21)37-25-10-12-35(13-11-25)30(36)5-3-4-22-17-28(33)29(34)18-27(22)32/h6-9,14-15,17-18,25H,3-5,10-13,16H2,1-2H3. The fraction of sp³-hybridized carbons (Fsp3) is 0.367. The molecule has 0 aliphatic carbocycles. The molecule has 1 aliphatic rings. The van der Waals surface area contributed by atoms with Crippen molar-refractivity contribution in [1.29, 1.82) is 0 Å². The molecule has 37 heavy (non-hydrogen) atoms. The summed E-state index contributed by atoms with van der Waals surface area (Å²) in [5, 5.41) is 0.779. The van der Waals surface area contributed by atoms with Crippen molar-refractivity contribution in [3.8, 4) is 5.75 Å². The molecule has 1 saturated heterocycles. The summed E-state index contributed by atoms with van der Waals surface area (Å²) in [6, 6.07) is 13.6. The van der Waals surface area contributed by atoms with Crippen LogP contribution in [0.3, 0.4) is 0 Å². The third kappa shape index (κ3) is 7.07. The zero-order valence-electron chi connectivity index (χ0n) is 21.1. The molecule has 3 aromatic carbocycles. The number of benzene rings is 3. The molecule has 1 heterocycles. The summed E-state index contributed by atoms with van der Waals surface area (Å²) < 4.78 is 46.3. The number of piperidine rings is 1. The van der Waals surface area contributed by atoms with Crippen LogP contribution in [0.5, 0.6) is 5.75 Å². The Morgan fingerprint density at radius 1 is 0.919 bits per heavy atom. The van der Waals surface area contributed by atoms with Gasteiger partial charge < -0.3 is 9.64 Å². The van der Waals surface area contributed by atoms with Gasteiger partial charge in [0.05, 0.1) is 0 Å². The highest BCUT2D eigenvalue weighted by atomic mass is 35.5. The summed E-state index contributed by atoms with van der Waals surface area (Å²) in [7, 11) is 0. The van der Waals surface area contributed by atoms with Crippen LogP contribution in [0.15, 0.2) is 48.5 Å². The number of aryl methyl sites for hydroxylation is 3. The average Bonchev–Trinajstić information content (AvgIpc) is 2.87. The van der Waals surface area contributed by atoms with Gasteiger partial charge in [0.25, 0.3) is 0 Å². The maximum Gasteiger partial charge on any atom is 0.222 e. The van der Waals surface area contributed by atoms with E-state index in [1.807, 2.05) is 18.2 Å². The first kappa shape index (κ1) is 27.1. The van der Waals surface area contributed by atoms with Crippen molar-refractivity contribution in [2.75, 3.05) is 13.1 Å². The van der Waals surface area contributed by atoms with Crippen molar-refractivity contribution in [1.82, 2.24) is 4.90 Å². The predicted octanol–water partition coefficient (Wildman–Crippen LogP) is 7.36. The number of amides is 1. The molecule has 3 nitrogen and oxygen atoms in total. The van der Waals surface area contributed by atoms with Gasteiger partial charge in [-0.1, -0.05) is 29.8 Å². The van der Waals surface area contributed by atoms with Crippen molar-refractivity contribution >= 4 is 17.5 Å². The second-order valence-electron chi connectivity index (χ2n) is 9.76. The third-order valence-electron chi connectivity index (χ3n) is 7.00. The average molecular weight is 530 g/mol. The summed E-state index contributed by atoms with van der Waals surface area (Å²) in [6.45, 7) is 5.32. The van der Waals surface area contributed by atoms with E-state index in [0.717, 1.165) is 47.2 Å². The number of carbonyl (C=O) groups excluding carboxylic acids is 1. The van der Waals surface area contributed by atoms with Crippen LogP contribution in [0.1, 0.15) is 53.5 Å². The number of nitrogens with zero attached hydrogens (tertiary/aromatic N) is 1. The van der Waals surface area contributed by atoms with Crippen LogP contribution in [0.4, 0.5) is 13.2 Å². The number of halogens is 4. The molecule has 0 unspecified atom stereocenters. The lowest BCUT2D eigenvalue weighted by molar-refractivity contribution is -0.133. The van der Waals surface area contributed by atoms with Gasteiger partial charge in [-0.2, -0.15) is 0 Å². The van der Waals surface area contributed by atoms with Crippen molar-refractivity contribution in [3.63, 3.8) is 0 Å². The monoisotopic (exact) mass is 529 g/mol. The Bertz CT molecular complexity index is 1250. The fourth-order valence-corrected chi connectivity index (χ4v) is 4.93. The maximum absolute atomic E-state index is 13.8. The summed E-state index contributed by atoms with van der Waals surface area (Å²) in [5.74, 6) is -2.29. The lowest BCUT2D eigenvalue weighted by Crippen LogP contribution is -2.41. The second kappa shape index (κ2) is 12.0. The largest absolute Gasteiger partial charge is 0.490 e. The number of hydrogen-bond acceptors (Lipinski definition) is 2. The first-order chi connectivity index (χ1) is 17.7. The minimum atomic E-state index is -1.21. The lowest BCUT2D eigenvalue weighted by Gasteiger charge is -2.32. The number of likely N-dealkylation sites (tertiary alicyclic amines) is 1. The molecule has 3 aromatic rings. The highest BCUT2D eigenvalue weighted by Gasteiger charge is 2.24. The Balaban J connectivity index is 1.21. The van der Waals surface area contributed by atoms with E-state index in [1.165, 1.54) is 11.1 Å². The number of hydrogen-bond donors (Lipinski definition) is 0. The molecule has 0 radical (unpaired) electrons. The van der Waals surface area contributed by atoms with E-state index >= 15 is 0 Å². The smallest absolute Gasteiger partial charge is 0.222 e. The van der Waals surface area contributed by atoms with Gasteiger partial charge in [0.2, 0.25) is 5.91 Å². The molecule has 0 spiro atoms. The Morgan fingerprint density at radius 3 is 2.27 bits per heavy atom. The van der Waals surface area contributed by atoms with E-state index in [0.29, 0.717) is 25.6 Å². The normalized spacial score (nSPS) is 14.2. The molecule has 0 saturated carbocycles. The molecule has 1 fully saturated rings. The van der Waals surface area contributed by atoms with Crippen molar-refractivity contribution in [2.24, 2.45) is 0 Å². The zero-order chi connectivity index (χ0) is 26.5. The van der Waals surface area contributed by atoms with E-state index in [1.54, 1.807) is 4.90 Å². The van der Waals surface area contributed by atoms with Gasteiger partial charge in [-0.3, -0.25) is 4.79 Å². The van der Waals surface area contributed by atoms with E-state index in [4.69, 9.17) is 16.3 Å². The first-order valence-electron chi connectivity index (χ1n) is 12.6. The molecule has 0 atom stereocenters. The summed E-state index contributed by atoms with van der Waals surface area (Å²) in [6.07, 6.45) is 3.02. The molecule has 7 heteroatoms. The Morgan fingerprint density at radius 2 is 1.57 bits per heavy atom. The minimum absolute atomic E-state index is 0.0178. The minimum Gasteiger partial charge on any atom is -0.490 e. The van der Waals surface area contributed by atoms with Crippen LogP contribution in [-0.2, 0) is 17.6 Å². The maximum atomic E-state index is 13.8. The van der Waals surface area contributed by atoms with E-state index in [-0.39, 0.29) is 30.4 Å². The summed E-state index contributed by atoms with van der Waals surface area (Å²) in [4.78, 5) is 14.3. The summed E-state index contributed by atoms with van der Waals surface area (Å²) >= 11 is 6.42. The number of ether oxygens (including phenoxy) is 1. The van der Waals surface area contributed by atoms with E-state index in [2.05, 4.69) is 32.0 Å². The van der Waals surface area contributed by atoms with Gasteiger partial charge in [-0.05, 0) is 85.2 Å². The second-order valence-corrected chi connectivity index (χ2v) is 10.2. The third-order valence-corrected chi connectivity index (χ3v) is 7.36. The van der Waals surface area contributed by atoms with Crippen LogP contribution in [0.2, 0.25) is 5.02 Å². The highest BCUT2D eigenvalue weighted by molar-refractivity contribution is 6.31. The predicted molar refractivity (Wildman–Crippen MR) is 140 cm³/mol. The van der Waals surface area contributed by atoms with Crippen LogP contribution in [0.25, 0.3) is 0 Å². The van der Waals surface area contributed by atoms with Gasteiger partial charge in [0, 0.05) is 43.4 Å². The molecule has 1 aliphatic heterocycles. The molecule has 0 bridgehead atoms. The molecular weight excluding hydrogens is 499 g/mol. The lowest BCUT2D eigenvalue weighted by atomic mass is 10.0. The fourth-order valence-electron chi connectivity index (χ4n) is 4.64. The Kier molecular flexibility index (Phi) is 8.80. The van der Waals surface area contributed by atoms with E-state index in [9.17, 15) is 18.0 Å². The van der Waals surface area contributed by atoms with E-state index < -0.39 is 17.5 Å². The molecule has 0 N–H and O–H groups in total. The van der Waals surface area contributed by atoms with Gasteiger partial charge in [-0.15, -0.1) is 0 Å². The van der Waals surface area contributed by atoms with Crippen molar-refractivity contribution < 1.29 is 22.7 Å². The first-order valence-corrected chi connectivity index (χ1v) is 13.0. The van der Waals surface area contributed by atoms with Crippen LogP contribution >= 0.6 is 11.6 Å². The molecule has 1 amide bonds. The molecule has 4 rings (SSSR count). The quantitative estimate of drug-likeness (QED) is 0.285.